The zero-order chi connectivity index (χ0) is 23.7. The molecular weight excluding hydrogens is 484 g/mol. The number of hydrogen-bond acceptors (Lipinski definition) is 4. The number of H-pyrrole nitrogens is 1. The third-order valence-corrected chi connectivity index (χ3v) is 7.22. The largest absolute Gasteiger partial charge is 0.464 e. The molecule has 0 unspecified atom stereocenters. The number of ether oxygens (including phenoxy) is 1. The van der Waals surface area contributed by atoms with Crippen molar-refractivity contribution in [2.75, 3.05) is 43.5 Å². The van der Waals surface area contributed by atoms with E-state index in [2.05, 4.69) is 63.2 Å². The fourth-order valence-electron chi connectivity index (χ4n) is 4.51. The molecule has 0 aliphatic carbocycles. The predicted molar refractivity (Wildman–Crippen MR) is 134 cm³/mol. The summed E-state index contributed by atoms with van der Waals surface area (Å²) in [5.41, 5.74) is 5.35. The van der Waals surface area contributed by atoms with Crippen LogP contribution in [-0.2, 0) is 9.53 Å². The molecule has 3 N–H and O–H groups in total. The molecule has 4 rings (SSSR count). The van der Waals surface area contributed by atoms with Crippen LogP contribution in [0.25, 0.3) is 10.9 Å². The number of benzene rings is 2. The van der Waals surface area contributed by atoms with Crippen LogP contribution in [0.3, 0.4) is 0 Å². The summed E-state index contributed by atoms with van der Waals surface area (Å²) in [6, 6.07) is 11.8. The highest BCUT2D eigenvalue weighted by atomic mass is 79.9. The summed E-state index contributed by atoms with van der Waals surface area (Å²) >= 11 is 3.47. The molecule has 0 saturated carbocycles. The minimum atomic E-state index is -0.514. The van der Waals surface area contributed by atoms with Crippen molar-refractivity contribution in [1.82, 2.24) is 4.98 Å². The summed E-state index contributed by atoms with van der Waals surface area (Å²) in [6.45, 7) is 9.77. The Morgan fingerprint density at radius 1 is 1.18 bits per heavy atom. The third-order valence-electron chi connectivity index (χ3n) is 6.73. The lowest BCUT2D eigenvalue weighted by atomic mass is 10.1. The summed E-state index contributed by atoms with van der Waals surface area (Å²) in [6.07, 6.45) is 0. The van der Waals surface area contributed by atoms with E-state index in [4.69, 9.17) is 4.74 Å². The topological polar surface area (TPSA) is 78.9 Å². The number of quaternary nitrogens is 1. The van der Waals surface area contributed by atoms with E-state index in [1.165, 1.54) is 28.8 Å². The van der Waals surface area contributed by atoms with E-state index >= 15 is 0 Å². The smallest absolute Gasteiger partial charge is 0.356 e. The van der Waals surface area contributed by atoms with Crippen molar-refractivity contribution >= 4 is 50.1 Å². The minimum Gasteiger partial charge on any atom is -0.464 e. The Labute approximate surface area is 202 Å². The first-order valence-corrected chi connectivity index (χ1v) is 12.0. The van der Waals surface area contributed by atoms with Gasteiger partial charge in [0.2, 0.25) is 0 Å². The Kier molecular flexibility index (Phi) is 6.76. The number of halogens is 1. The minimum absolute atomic E-state index is 0.115. The van der Waals surface area contributed by atoms with E-state index in [-0.39, 0.29) is 17.6 Å². The number of rotatable bonds is 5. The van der Waals surface area contributed by atoms with E-state index in [1.807, 2.05) is 25.1 Å². The van der Waals surface area contributed by atoms with Crippen molar-refractivity contribution in [2.24, 2.45) is 0 Å². The number of anilines is 2. The molecule has 1 saturated heterocycles. The van der Waals surface area contributed by atoms with Gasteiger partial charge in [-0.25, -0.2) is 4.79 Å². The molecule has 1 aliphatic heterocycles. The van der Waals surface area contributed by atoms with Gasteiger partial charge in [-0.05, 0) is 56.2 Å². The summed E-state index contributed by atoms with van der Waals surface area (Å²) in [5.74, 6) is -0.629. The average Bonchev–Trinajstić information content (AvgIpc) is 3.17. The Morgan fingerprint density at radius 2 is 1.91 bits per heavy atom. The molecule has 0 spiro atoms. The normalized spacial score (nSPS) is 15.5. The number of aryl methyl sites for hydroxylation is 1. The van der Waals surface area contributed by atoms with Gasteiger partial charge in [0.25, 0.3) is 5.91 Å². The van der Waals surface area contributed by atoms with Gasteiger partial charge in [0.05, 0.1) is 39.0 Å². The van der Waals surface area contributed by atoms with Gasteiger partial charge >= 0.3 is 5.97 Å². The summed E-state index contributed by atoms with van der Waals surface area (Å²) in [7, 11) is 1.33. The third kappa shape index (κ3) is 4.63. The second-order valence-corrected chi connectivity index (χ2v) is 9.55. The first-order valence-electron chi connectivity index (χ1n) is 11.2. The van der Waals surface area contributed by atoms with E-state index in [1.54, 1.807) is 0 Å². The molecule has 2 aromatic carbocycles. The quantitative estimate of drug-likeness (QED) is 0.458. The van der Waals surface area contributed by atoms with Crippen molar-refractivity contribution in [2.45, 2.75) is 26.8 Å². The number of aromatic nitrogens is 1. The summed E-state index contributed by atoms with van der Waals surface area (Å²) in [5, 5.41) is 3.77. The zero-order valence-corrected chi connectivity index (χ0v) is 21.0. The lowest BCUT2D eigenvalue weighted by Crippen LogP contribution is -3.19. The molecule has 1 atom stereocenters. The van der Waals surface area contributed by atoms with Crippen LogP contribution in [0, 0.1) is 13.8 Å². The van der Waals surface area contributed by atoms with Crippen LogP contribution in [-0.4, -0.2) is 56.2 Å². The van der Waals surface area contributed by atoms with Gasteiger partial charge in [0, 0.05) is 21.1 Å². The number of methoxy groups -OCH3 is 1. The first-order chi connectivity index (χ1) is 15.8. The van der Waals surface area contributed by atoms with Gasteiger partial charge in [0.15, 0.2) is 6.04 Å². The molecule has 7 nitrogen and oxygen atoms in total. The molecule has 1 amide bonds. The number of amides is 1. The number of carbonyl (C=O) groups is 2. The van der Waals surface area contributed by atoms with Crippen LogP contribution in [0.1, 0.15) is 28.5 Å². The maximum Gasteiger partial charge on any atom is 0.356 e. The second-order valence-electron chi connectivity index (χ2n) is 8.63. The van der Waals surface area contributed by atoms with Gasteiger partial charge < -0.3 is 24.8 Å². The van der Waals surface area contributed by atoms with Crippen LogP contribution in [0.2, 0.25) is 0 Å². The highest BCUT2D eigenvalue weighted by Gasteiger charge is 2.31. The number of fused-ring (bicyclic) bond motifs is 1. The molecule has 8 heteroatoms. The standard InChI is InChI=1S/C25H29BrN4O3/c1-15-6-5-7-21(16(15)2)30-12-10-29(11-13-30)17(3)24(31)28-22-19-14-18(26)8-9-20(19)27-23(22)25(32)33-4/h5-9,14,17,27H,10-13H2,1-4H3,(H,28,31)/p+1/t17-/m1/s1. The number of carbonyl (C=O) groups excluding carboxylic acids is 2. The number of nitrogens with zero attached hydrogens (tertiary/aromatic N) is 1. The van der Waals surface area contributed by atoms with Crippen molar-refractivity contribution < 1.29 is 19.2 Å². The molecule has 1 fully saturated rings. The average molecular weight is 514 g/mol. The van der Waals surface area contributed by atoms with Gasteiger partial charge in [-0.1, -0.05) is 28.1 Å². The maximum absolute atomic E-state index is 13.2. The number of esters is 1. The SMILES string of the molecule is COC(=O)c1[nH]c2ccc(Br)cc2c1NC(=O)[C@@H](C)[NH+]1CCN(c2cccc(C)c2C)CC1. The van der Waals surface area contributed by atoms with Crippen LogP contribution in [0.15, 0.2) is 40.9 Å². The summed E-state index contributed by atoms with van der Waals surface area (Å²) in [4.78, 5) is 32.3. The lowest BCUT2D eigenvalue weighted by Gasteiger charge is -2.36. The van der Waals surface area contributed by atoms with E-state index in [0.717, 1.165) is 41.6 Å². The molecule has 33 heavy (non-hydrogen) atoms. The summed E-state index contributed by atoms with van der Waals surface area (Å²) < 4.78 is 5.79. The highest BCUT2D eigenvalue weighted by Crippen LogP contribution is 2.31. The molecule has 0 radical (unpaired) electrons. The molecule has 174 valence electrons. The van der Waals surface area contributed by atoms with E-state index in [0.29, 0.717) is 5.69 Å². The maximum atomic E-state index is 13.2. The van der Waals surface area contributed by atoms with Crippen LogP contribution < -0.4 is 15.1 Å². The van der Waals surface area contributed by atoms with Gasteiger partial charge in [-0.2, -0.15) is 0 Å². The molecule has 1 aliphatic rings. The van der Waals surface area contributed by atoms with Crippen molar-refractivity contribution in [3.05, 3.63) is 57.7 Å². The molecule has 0 bridgehead atoms. The predicted octanol–water partition coefficient (Wildman–Crippen LogP) is 3.07. The number of hydrogen-bond donors (Lipinski definition) is 3. The Balaban J connectivity index is 1.49. The van der Waals surface area contributed by atoms with Gasteiger partial charge in [0.1, 0.15) is 5.69 Å². The van der Waals surface area contributed by atoms with E-state index < -0.39 is 5.97 Å². The van der Waals surface area contributed by atoms with Crippen molar-refractivity contribution in [3.63, 3.8) is 0 Å². The molecule has 1 aromatic heterocycles. The molecule has 3 aromatic rings. The number of aromatic amines is 1. The zero-order valence-electron chi connectivity index (χ0n) is 19.4. The van der Waals surface area contributed by atoms with Crippen LogP contribution in [0.5, 0.6) is 0 Å². The number of piperazine rings is 1. The fourth-order valence-corrected chi connectivity index (χ4v) is 4.87. The Morgan fingerprint density at radius 3 is 2.61 bits per heavy atom. The van der Waals surface area contributed by atoms with Crippen LogP contribution >= 0.6 is 15.9 Å². The van der Waals surface area contributed by atoms with Gasteiger partial charge in [-0.3, -0.25) is 4.79 Å². The fraction of sp³-hybridized carbons (Fsp3) is 0.360. The lowest BCUT2D eigenvalue weighted by molar-refractivity contribution is -0.914. The molecular formula is C25H30BrN4O3+. The first kappa shape index (κ1) is 23.3. The van der Waals surface area contributed by atoms with Crippen molar-refractivity contribution in [3.8, 4) is 0 Å². The number of nitrogens with one attached hydrogen (secondary N) is 3. The van der Waals surface area contributed by atoms with Crippen molar-refractivity contribution in [1.29, 1.82) is 0 Å². The van der Waals surface area contributed by atoms with Gasteiger partial charge in [-0.15, -0.1) is 0 Å². The van der Waals surface area contributed by atoms with E-state index in [9.17, 15) is 9.59 Å². The van der Waals surface area contributed by atoms with Crippen LogP contribution in [0.4, 0.5) is 11.4 Å². The Bertz CT molecular complexity index is 1200. The highest BCUT2D eigenvalue weighted by molar-refractivity contribution is 9.10. The second kappa shape index (κ2) is 9.57. The molecule has 2 heterocycles. The Hall–Kier alpha value is -2.84. The monoisotopic (exact) mass is 513 g/mol.